The standard InChI is InChI=1S/C5H5.CH2N4.Fe/c2*1-2-4-5-3-1;/h1-3H,4H2;1H,(H,2,3,4,5);/q-1;;. The van der Waals surface area contributed by atoms with Gasteiger partial charge in [0.05, 0.1) is 0 Å². The molecule has 2 rings (SSSR count). The number of nitrogens with one attached hydrogen (secondary N) is 1. The van der Waals surface area contributed by atoms with Gasteiger partial charge >= 0.3 is 0 Å². The summed E-state index contributed by atoms with van der Waals surface area (Å²) in [5.41, 5.74) is 0. The van der Waals surface area contributed by atoms with Crippen LogP contribution in [0.3, 0.4) is 0 Å². The van der Waals surface area contributed by atoms with Crippen molar-refractivity contribution in [2.75, 3.05) is 0 Å². The molecule has 11 heavy (non-hydrogen) atoms. The van der Waals surface area contributed by atoms with E-state index in [0.29, 0.717) is 0 Å². The van der Waals surface area contributed by atoms with Crippen LogP contribution in [0.1, 0.15) is 6.42 Å². The van der Waals surface area contributed by atoms with Crippen LogP contribution >= 0.6 is 0 Å². The van der Waals surface area contributed by atoms with Crippen LogP contribution in [0.2, 0.25) is 0 Å². The average molecular weight is 191 g/mol. The van der Waals surface area contributed by atoms with E-state index in [0.717, 1.165) is 6.42 Å². The van der Waals surface area contributed by atoms with Crippen LogP contribution in [0.15, 0.2) is 24.6 Å². The number of hydrogen-bond donors (Lipinski definition) is 1. The summed E-state index contributed by atoms with van der Waals surface area (Å²) in [4.78, 5) is 0. The molecule has 1 aliphatic carbocycles. The molecule has 0 amide bonds. The van der Waals surface area contributed by atoms with Gasteiger partial charge in [0.25, 0.3) is 0 Å². The molecule has 0 saturated heterocycles. The summed E-state index contributed by atoms with van der Waals surface area (Å²) in [5, 5.41) is 12.2. The molecule has 1 aromatic heterocycles. The Kier molecular flexibility index (Phi) is 6.57. The van der Waals surface area contributed by atoms with Crippen LogP contribution < -0.4 is 0 Å². The van der Waals surface area contributed by atoms with Gasteiger partial charge in [0.15, 0.2) is 6.33 Å². The van der Waals surface area contributed by atoms with Gasteiger partial charge in [-0.05, 0) is 0 Å². The Hall–Kier alpha value is -0.931. The van der Waals surface area contributed by atoms with Crippen molar-refractivity contribution in [2.45, 2.75) is 6.42 Å². The Morgan fingerprint density at radius 1 is 1.45 bits per heavy atom. The number of tetrazole rings is 1. The first-order valence-electron chi connectivity index (χ1n) is 2.88. The minimum absolute atomic E-state index is 0. The number of nitrogens with zero attached hydrogens (tertiary/aromatic N) is 3. The zero-order valence-corrected chi connectivity index (χ0v) is 6.82. The maximum Gasteiger partial charge on any atom is 0.161 e. The van der Waals surface area contributed by atoms with E-state index >= 15 is 0 Å². The van der Waals surface area contributed by atoms with Crippen molar-refractivity contribution in [3.8, 4) is 0 Å². The SMILES string of the molecule is [C-]1=CC=CC1.[Fe].c1nn[nH]n1. The molecule has 0 radical (unpaired) electrons. The van der Waals surface area contributed by atoms with Gasteiger partial charge in [-0.3, -0.25) is 6.08 Å². The van der Waals surface area contributed by atoms with E-state index in [1.165, 1.54) is 6.33 Å². The molecule has 1 heterocycles. The summed E-state index contributed by atoms with van der Waals surface area (Å²) in [5.74, 6) is 0. The number of hydrogen-bond acceptors (Lipinski definition) is 3. The predicted molar refractivity (Wildman–Crippen MR) is 35.7 cm³/mol. The smallest absolute Gasteiger partial charge is 0.161 e. The van der Waals surface area contributed by atoms with Gasteiger partial charge in [-0.1, -0.05) is 5.21 Å². The van der Waals surface area contributed by atoms with Crippen LogP contribution in [0.5, 0.6) is 0 Å². The summed E-state index contributed by atoms with van der Waals surface area (Å²) in [6.45, 7) is 0. The van der Waals surface area contributed by atoms with E-state index in [1.807, 2.05) is 12.2 Å². The molecule has 0 saturated carbocycles. The second-order valence-electron chi connectivity index (χ2n) is 1.56. The molecular formula is C6H7FeN4-. The van der Waals surface area contributed by atoms with Crippen LogP contribution in [0.25, 0.3) is 0 Å². The maximum atomic E-state index is 3.38. The van der Waals surface area contributed by atoms with Gasteiger partial charge < -0.3 is 0 Å². The van der Waals surface area contributed by atoms with E-state index in [4.69, 9.17) is 0 Å². The molecule has 60 valence electrons. The van der Waals surface area contributed by atoms with Crippen molar-refractivity contribution in [2.24, 2.45) is 0 Å². The third-order valence-corrected chi connectivity index (χ3v) is 0.855. The molecule has 0 atom stereocenters. The Balaban J connectivity index is 0.000000167. The van der Waals surface area contributed by atoms with Gasteiger partial charge in [-0.15, -0.1) is 16.6 Å². The van der Waals surface area contributed by atoms with Crippen LogP contribution in [-0.4, -0.2) is 20.6 Å². The molecule has 0 bridgehead atoms. The molecule has 0 unspecified atom stereocenters. The second kappa shape index (κ2) is 7.18. The normalized spacial score (nSPS) is 11.6. The zero-order chi connectivity index (χ0) is 7.07. The Morgan fingerprint density at radius 3 is 2.55 bits per heavy atom. The minimum atomic E-state index is 0. The minimum Gasteiger partial charge on any atom is -0.273 e. The van der Waals surface area contributed by atoms with Crippen molar-refractivity contribution in [3.05, 3.63) is 30.6 Å². The summed E-state index contributed by atoms with van der Waals surface area (Å²) in [7, 11) is 0. The zero-order valence-electron chi connectivity index (χ0n) is 5.71. The van der Waals surface area contributed by atoms with Crippen LogP contribution in [0, 0.1) is 6.08 Å². The topological polar surface area (TPSA) is 54.5 Å². The molecule has 1 aliphatic rings. The summed E-state index contributed by atoms with van der Waals surface area (Å²) >= 11 is 0. The van der Waals surface area contributed by atoms with Crippen molar-refractivity contribution >= 4 is 0 Å². The third-order valence-electron chi connectivity index (χ3n) is 0.855. The van der Waals surface area contributed by atoms with E-state index in [-0.39, 0.29) is 17.1 Å². The fourth-order valence-corrected chi connectivity index (χ4v) is 0.469. The van der Waals surface area contributed by atoms with Gasteiger partial charge in [-0.2, -0.15) is 11.3 Å². The van der Waals surface area contributed by atoms with E-state index in [2.05, 4.69) is 32.8 Å². The van der Waals surface area contributed by atoms with E-state index in [1.54, 1.807) is 0 Å². The molecule has 0 aliphatic heterocycles. The molecule has 0 aromatic carbocycles. The number of H-pyrrole nitrogens is 1. The summed E-state index contributed by atoms with van der Waals surface area (Å²) in [6, 6.07) is 0. The van der Waals surface area contributed by atoms with Gasteiger partial charge in [-0.25, -0.2) is 12.2 Å². The molecule has 1 N–H and O–H groups in total. The first-order valence-corrected chi connectivity index (χ1v) is 2.88. The molecule has 5 heteroatoms. The molecule has 4 nitrogen and oxygen atoms in total. The first kappa shape index (κ1) is 10.1. The maximum absolute atomic E-state index is 3.38. The van der Waals surface area contributed by atoms with Crippen molar-refractivity contribution in [1.82, 2.24) is 20.6 Å². The molecular weight excluding hydrogens is 184 g/mol. The Bertz CT molecular complexity index is 177. The predicted octanol–water partition coefficient (Wildman–Crippen LogP) is 0.503. The number of aromatic amines is 1. The summed E-state index contributed by atoms with van der Waals surface area (Å²) in [6.07, 6.45) is 11.3. The van der Waals surface area contributed by atoms with Gasteiger partial charge in [0, 0.05) is 17.1 Å². The summed E-state index contributed by atoms with van der Waals surface area (Å²) < 4.78 is 0. The molecule has 1 aromatic rings. The van der Waals surface area contributed by atoms with Gasteiger partial charge in [0.1, 0.15) is 0 Å². The fraction of sp³-hybridized carbons (Fsp3) is 0.167. The first-order chi connectivity index (χ1) is 5.00. The van der Waals surface area contributed by atoms with Crippen molar-refractivity contribution in [3.63, 3.8) is 0 Å². The van der Waals surface area contributed by atoms with E-state index in [9.17, 15) is 0 Å². The van der Waals surface area contributed by atoms with Gasteiger partial charge in [0.2, 0.25) is 0 Å². The molecule has 0 fully saturated rings. The van der Waals surface area contributed by atoms with Crippen LogP contribution in [-0.2, 0) is 17.1 Å². The second-order valence-corrected chi connectivity index (χ2v) is 1.56. The Morgan fingerprint density at radius 2 is 2.36 bits per heavy atom. The number of allylic oxidation sites excluding steroid dienone is 4. The number of aromatic nitrogens is 4. The number of rotatable bonds is 0. The third kappa shape index (κ3) is 5.51. The molecule has 0 spiro atoms. The average Bonchev–Trinajstić information content (AvgIpc) is 2.67. The largest absolute Gasteiger partial charge is 0.273 e. The fourth-order valence-electron chi connectivity index (χ4n) is 0.469. The van der Waals surface area contributed by atoms with Crippen molar-refractivity contribution in [1.29, 1.82) is 0 Å². The monoisotopic (exact) mass is 191 g/mol. The van der Waals surface area contributed by atoms with Crippen molar-refractivity contribution < 1.29 is 17.1 Å². The van der Waals surface area contributed by atoms with E-state index < -0.39 is 0 Å². The van der Waals surface area contributed by atoms with Crippen LogP contribution in [0.4, 0.5) is 0 Å². The quantitative estimate of drug-likeness (QED) is 0.479. The Labute approximate surface area is 75.2 Å².